The van der Waals surface area contributed by atoms with Crippen molar-refractivity contribution in [3.8, 4) is 0 Å². The van der Waals surface area contributed by atoms with Crippen molar-refractivity contribution in [2.45, 2.75) is 33.1 Å². The molecule has 84 valence electrons. The summed E-state index contributed by atoms with van der Waals surface area (Å²) in [6.07, 6.45) is 3.61. The van der Waals surface area contributed by atoms with Crippen molar-refractivity contribution in [1.82, 2.24) is 5.32 Å². The maximum absolute atomic E-state index is 11.6. The van der Waals surface area contributed by atoms with Crippen LogP contribution in [-0.4, -0.2) is 23.5 Å². The number of carboxylic acids is 1. The van der Waals surface area contributed by atoms with Gasteiger partial charge in [0.15, 0.2) is 0 Å². The van der Waals surface area contributed by atoms with Gasteiger partial charge in [0.2, 0.25) is 5.91 Å². The highest BCUT2D eigenvalue weighted by atomic mass is 16.4. The van der Waals surface area contributed by atoms with Crippen LogP contribution in [0.4, 0.5) is 0 Å². The minimum Gasteiger partial charge on any atom is -0.480 e. The van der Waals surface area contributed by atoms with Gasteiger partial charge in [-0.05, 0) is 26.7 Å². The first-order chi connectivity index (χ1) is 6.99. The van der Waals surface area contributed by atoms with E-state index in [4.69, 9.17) is 5.11 Å². The van der Waals surface area contributed by atoms with E-state index >= 15 is 0 Å². The van der Waals surface area contributed by atoms with Crippen LogP contribution < -0.4 is 5.32 Å². The van der Waals surface area contributed by atoms with E-state index in [-0.39, 0.29) is 5.91 Å². The number of amides is 1. The summed E-state index contributed by atoms with van der Waals surface area (Å²) in [7, 11) is 0. The summed E-state index contributed by atoms with van der Waals surface area (Å²) < 4.78 is 0. The largest absolute Gasteiger partial charge is 0.480 e. The fraction of sp³-hybridized carbons (Fsp3) is 0.636. The Morgan fingerprint density at radius 3 is 2.33 bits per heavy atom. The second-order valence-corrected chi connectivity index (χ2v) is 4.23. The summed E-state index contributed by atoms with van der Waals surface area (Å²) in [5.41, 5.74) is -0.0385. The molecule has 0 spiro atoms. The first-order valence-corrected chi connectivity index (χ1v) is 5.14. The minimum atomic E-state index is -1.14. The number of rotatable bonds is 4. The molecule has 4 nitrogen and oxygen atoms in total. The van der Waals surface area contributed by atoms with Gasteiger partial charge in [0.25, 0.3) is 0 Å². The number of carbonyl (C=O) groups excluding carboxylic acids is 1. The molecule has 1 aliphatic rings. The van der Waals surface area contributed by atoms with Gasteiger partial charge in [0.1, 0.15) is 5.41 Å². The molecule has 0 unspecified atom stereocenters. The van der Waals surface area contributed by atoms with Gasteiger partial charge in [0.05, 0.1) is 0 Å². The fourth-order valence-corrected chi connectivity index (χ4v) is 1.59. The molecule has 1 fully saturated rings. The lowest BCUT2D eigenvalue weighted by Gasteiger charge is -2.35. The molecule has 0 aromatic carbocycles. The Morgan fingerprint density at radius 1 is 1.40 bits per heavy atom. The summed E-state index contributed by atoms with van der Waals surface area (Å²) >= 11 is 0. The quantitative estimate of drug-likeness (QED) is 0.544. The fourth-order valence-electron chi connectivity index (χ4n) is 1.59. The van der Waals surface area contributed by atoms with Crippen molar-refractivity contribution in [2.24, 2.45) is 5.41 Å². The van der Waals surface area contributed by atoms with Gasteiger partial charge in [-0.25, -0.2) is 0 Å². The molecule has 0 aromatic rings. The van der Waals surface area contributed by atoms with Crippen molar-refractivity contribution < 1.29 is 14.7 Å². The zero-order chi connectivity index (χ0) is 11.5. The molecule has 0 heterocycles. The Labute approximate surface area is 89.4 Å². The van der Waals surface area contributed by atoms with E-state index in [1.54, 1.807) is 0 Å². The van der Waals surface area contributed by atoms with Crippen LogP contribution in [0.25, 0.3) is 0 Å². The van der Waals surface area contributed by atoms with Gasteiger partial charge in [0, 0.05) is 6.54 Å². The van der Waals surface area contributed by atoms with Gasteiger partial charge in [-0.1, -0.05) is 18.1 Å². The lowest BCUT2D eigenvalue weighted by Crippen LogP contribution is -2.51. The lowest BCUT2D eigenvalue weighted by molar-refractivity contribution is -0.161. The Bertz CT molecular complexity index is 299. The summed E-state index contributed by atoms with van der Waals surface area (Å²) in [5, 5.41) is 11.6. The molecule has 0 saturated heterocycles. The predicted octanol–water partition coefficient (Wildman–Crippen LogP) is 1.32. The van der Waals surface area contributed by atoms with E-state index in [0.717, 1.165) is 12.0 Å². The number of allylic oxidation sites excluding steroid dienone is 1. The molecule has 1 saturated carbocycles. The Hall–Kier alpha value is -1.32. The molecule has 0 atom stereocenters. The van der Waals surface area contributed by atoms with Crippen LogP contribution in [-0.2, 0) is 9.59 Å². The summed E-state index contributed by atoms with van der Waals surface area (Å²) in [6, 6.07) is 0. The third-order valence-corrected chi connectivity index (χ3v) is 2.82. The number of carbonyl (C=O) groups is 2. The van der Waals surface area contributed by atoms with Gasteiger partial charge >= 0.3 is 5.97 Å². The summed E-state index contributed by atoms with van der Waals surface area (Å²) in [4.78, 5) is 22.6. The average Bonchev–Trinajstić information content (AvgIpc) is 1.99. The van der Waals surface area contributed by atoms with Crippen molar-refractivity contribution >= 4 is 11.9 Å². The van der Waals surface area contributed by atoms with Crippen molar-refractivity contribution in [2.75, 3.05) is 6.54 Å². The third-order valence-electron chi connectivity index (χ3n) is 2.82. The summed E-state index contributed by atoms with van der Waals surface area (Å²) in [6.45, 7) is 4.28. The zero-order valence-corrected chi connectivity index (χ0v) is 9.17. The van der Waals surface area contributed by atoms with Crippen LogP contribution >= 0.6 is 0 Å². The van der Waals surface area contributed by atoms with Crippen molar-refractivity contribution in [1.29, 1.82) is 0 Å². The topological polar surface area (TPSA) is 66.4 Å². The number of aliphatic carboxylic acids is 1. The molecule has 15 heavy (non-hydrogen) atoms. The predicted molar refractivity (Wildman–Crippen MR) is 56.4 cm³/mol. The first kappa shape index (κ1) is 11.8. The Kier molecular flexibility index (Phi) is 3.50. The smallest absolute Gasteiger partial charge is 0.319 e. The van der Waals surface area contributed by atoms with Crippen LogP contribution in [0, 0.1) is 5.41 Å². The van der Waals surface area contributed by atoms with Crippen LogP contribution in [0.3, 0.4) is 0 Å². The highest BCUT2D eigenvalue weighted by molar-refractivity contribution is 6.02. The van der Waals surface area contributed by atoms with Gasteiger partial charge in [-0.2, -0.15) is 0 Å². The molecule has 1 aliphatic carbocycles. The molecule has 0 bridgehead atoms. The van der Waals surface area contributed by atoms with Crippen LogP contribution in [0.1, 0.15) is 33.1 Å². The molecular weight excluding hydrogens is 194 g/mol. The van der Waals surface area contributed by atoms with Gasteiger partial charge in [-0.3, -0.25) is 9.59 Å². The molecular formula is C11H17NO3. The van der Waals surface area contributed by atoms with E-state index < -0.39 is 11.4 Å². The highest BCUT2D eigenvalue weighted by Crippen LogP contribution is 2.41. The zero-order valence-electron chi connectivity index (χ0n) is 9.17. The van der Waals surface area contributed by atoms with E-state index in [9.17, 15) is 9.59 Å². The summed E-state index contributed by atoms with van der Waals surface area (Å²) in [5.74, 6) is -1.35. The highest BCUT2D eigenvalue weighted by Gasteiger charge is 2.50. The standard InChI is InChI=1S/C11H17NO3/c1-8(2)4-7-12-9(13)11(10(14)15)5-3-6-11/h4H,3,5-7H2,1-2H3,(H,12,13)(H,14,15). The van der Waals surface area contributed by atoms with Crippen molar-refractivity contribution in [3.63, 3.8) is 0 Å². The maximum Gasteiger partial charge on any atom is 0.319 e. The molecule has 4 heteroatoms. The SMILES string of the molecule is CC(C)=CCNC(=O)C1(C(=O)O)CCC1. The van der Waals surface area contributed by atoms with Gasteiger partial charge in [-0.15, -0.1) is 0 Å². The number of hydrogen-bond acceptors (Lipinski definition) is 2. The number of carboxylic acid groups (broad SMARTS) is 1. The van der Waals surface area contributed by atoms with E-state index in [1.165, 1.54) is 0 Å². The van der Waals surface area contributed by atoms with E-state index in [1.807, 2.05) is 19.9 Å². The lowest BCUT2D eigenvalue weighted by atomic mass is 9.68. The van der Waals surface area contributed by atoms with E-state index in [0.29, 0.717) is 19.4 Å². The van der Waals surface area contributed by atoms with Crippen LogP contribution in [0.15, 0.2) is 11.6 Å². The monoisotopic (exact) mass is 211 g/mol. The Morgan fingerprint density at radius 2 is 2.00 bits per heavy atom. The average molecular weight is 211 g/mol. The Balaban J connectivity index is 2.52. The maximum atomic E-state index is 11.6. The molecule has 0 radical (unpaired) electrons. The third kappa shape index (κ3) is 2.37. The molecule has 1 amide bonds. The van der Waals surface area contributed by atoms with E-state index in [2.05, 4.69) is 5.32 Å². The number of nitrogens with one attached hydrogen (secondary N) is 1. The number of hydrogen-bond donors (Lipinski definition) is 2. The molecule has 2 N–H and O–H groups in total. The molecule has 0 aromatic heterocycles. The second-order valence-electron chi connectivity index (χ2n) is 4.23. The minimum absolute atomic E-state index is 0.348. The first-order valence-electron chi connectivity index (χ1n) is 5.14. The normalized spacial score (nSPS) is 17.5. The van der Waals surface area contributed by atoms with Crippen LogP contribution in [0.5, 0.6) is 0 Å². The second kappa shape index (κ2) is 4.47. The van der Waals surface area contributed by atoms with Gasteiger partial charge < -0.3 is 10.4 Å². The molecule has 0 aliphatic heterocycles. The van der Waals surface area contributed by atoms with Crippen LogP contribution in [0.2, 0.25) is 0 Å². The molecule has 1 rings (SSSR count). The van der Waals surface area contributed by atoms with Crippen molar-refractivity contribution in [3.05, 3.63) is 11.6 Å².